The van der Waals surface area contributed by atoms with E-state index in [1.165, 1.54) is 42.4 Å². The second-order valence-corrected chi connectivity index (χ2v) is 8.71. The van der Waals surface area contributed by atoms with E-state index in [1.54, 1.807) is 0 Å². The second kappa shape index (κ2) is 14.1. The molecule has 3 rings (SSSR count). The summed E-state index contributed by atoms with van der Waals surface area (Å²) in [7, 11) is 0. The van der Waals surface area contributed by atoms with Crippen LogP contribution in [0.4, 0.5) is 0 Å². The molecule has 0 heterocycles. The summed E-state index contributed by atoms with van der Waals surface area (Å²) in [6, 6.07) is 29.1. The van der Waals surface area contributed by atoms with Gasteiger partial charge in [-0.05, 0) is 47.9 Å². The summed E-state index contributed by atoms with van der Waals surface area (Å²) in [5, 5.41) is 3.26. The summed E-state index contributed by atoms with van der Waals surface area (Å²) < 4.78 is 0. The Morgan fingerprint density at radius 3 is 2.21 bits per heavy atom. The van der Waals surface area contributed by atoms with Crippen LogP contribution in [0.25, 0.3) is 6.08 Å². The van der Waals surface area contributed by atoms with Crippen LogP contribution in [-0.2, 0) is 17.6 Å². The Morgan fingerprint density at radius 2 is 1.52 bits per heavy atom. The number of amides is 1. The Hall–Kier alpha value is -3.13. The number of nitrogens with one attached hydrogen (secondary N) is 1. The van der Waals surface area contributed by atoms with Crippen LogP contribution in [0.1, 0.15) is 73.7 Å². The molecule has 0 bridgehead atoms. The molecule has 2 heteroatoms. The van der Waals surface area contributed by atoms with E-state index in [4.69, 9.17) is 0 Å². The topological polar surface area (TPSA) is 29.1 Å². The van der Waals surface area contributed by atoms with Crippen molar-refractivity contribution in [1.29, 1.82) is 0 Å². The highest BCUT2D eigenvalue weighted by Gasteiger charge is 2.15. The van der Waals surface area contributed by atoms with Crippen molar-refractivity contribution < 1.29 is 4.79 Å². The van der Waals surface area contributed by atoms with Crippen molar-refractivity contribution >= 4 is 12.0 Å². The van der Waals surface area contributed by atoms with E-state index in [-0.39, 0.29) is 11.9 Å². The van der Waals surface area contributed by atoms with Crippen molar-refractivity contribution in [2.45, 2.75) is 64.3 Å². The minimum absolute atomic E-state index is 0.0223. The molecule has 0 radical (unpaired) electrons. The number of hydrogen-bond acceptors (Lipinski definition) is 1. The normalized spacial score (nSPS) is 12.0. The third kappa shape index (κ3) is 9.10. The maximum Gasteiger partial charge on any atom is 0.220 e. The fourth-order valence-electron chi connectivity index (χ4n) is 4.02. The van der Waals surface area contributed by atoms with Gasteiger partial charge in [0.25, 0.3) is 0 Å². The van der Waals surface area contributed by atoms with Crippen molar-refractivity contribution in [3.63, 3.8) is 0 Å². The van der Waals surface area contributed by atoms with Crippen LogP contribution in [0.3, 0.4) is 0 Å². The molecule has 1 N–H and O–H groups in total. The molecule has 1 atom stereocenters. The molecule has 1 unspecified atom stereocenters. The van der Waals surface area contributed by atoms with Crippen LogP contribution in [0.15, 0.2) is 91.0 Å². The average Bonchev–Trinajstić information content (AvgIpc) is 2.86. The van der Waals surface area contributed by atoms with Crippen LogP contribution in [-0.4, -0.2) is 5.91 Å². The fraction of sp³-hybridized carbons (Fsp3) is 0.323. The fourth-order valence-corrected chi connectivity index (χ4v) is 4.02. The maximum atomic E-state index is 12.8. The van der Waals surface area contributed by atoms with Gasteiger partial charge >= 0.3 is 0 Å². The predicted octanol–water partition coefficient (Wildman–Crippen LogP) is 7.70. The molecule has 0 saturated heterocycles. The average molecular weight is 440 g/mol. The van der Waals surface area contributed by atoms with E-state index >= 15 is 0 Å². The molecule has 0 aliphatic carbocycles. The zero-order valence-electron chi connectivity index (χ0n) is 19.9. The van der Waals surface area contributed by atoms with Crippen LogP contribution < -0.4 is 5.32 Å². The first-order chi connectivity index (χ1) is 16.2. The van der Waals surface area contributed by atoms with Gasteiger partial charge in [0.05, 0.1) is 6.04 Å². The molecule has 3 aromatic carbocycles. The molecule has 172 valence electrons. The third-order valence-electron chi connectivity index (χ3n) is 5.97. The molecule has 0 aliphatic rings. The Labute approximate surface area is 199 Å². The van der Waals surface area contributed by atoms with Crippen LogP contribution in [0, 0.1) is 0 Å². The monoisotopic (exact) mass is 439 g/mol. The number of carbonyl (C=O) groups is 1. The number of carbonyl (C=O) groups excluding carboxylic acids is 1. The Morgan fingerprint density at radius 1 is 0.818 bits per heavy atom. The van der Waals surface area contributed by atoms with Crippen molar-refractivity contribution in [2.75, 3.05) is 0 Å². The summed E-state index contributed by atoms with van der Waals surface area (Å²) >= 11 is 0. The molecule has 33 heavy (non-hydrogen) atoms. The maximum absolute atomic E-state index is 12.8. The number of hydrogen-bond donors (Lipinski definition) is 1. The molecule has 0 spiro atoms. The van der Waals surface area contributed by atoms with E-state index in [9.17, 15) is 4.79 Å². The minimum Gasteiger partial charge on any atom is -0.349 e. The third-order valence-corrected chi connectivity index (χ3v) is 5.97. The molecule has 0 fully saturated rings. The van der Waals surface area contributed by atoms with Crippen molar-refractivity contribution in [3.05, 3.63) is 113 Å². The highest BCUT2D eigenvalue weighted by atomic mass is 16.1. The van der Waals surface area contributed by atoms with Gasteiger partial charge in [0.2, 0.25) is 5.91 Å². The van der Waals surface area contributed by atoms with Gasteiger partial charge in [-0.15, -0.1) is 0 Å². The van der Waals surface area contributed by atoms with Crippen molar-refractivity contribution in [2.24, 2.45) is 0 Å². The summed E-state index contributed by atoms with van der Waals surface area (Å²) in [5.74, 6) is 0.0934. The second-order valence-electron chi connectivity index (χ2n) is 8.71. The molecular formula is C31H37NO. The standard InChI is InChI=1S/C31H37NO/c1-2-3-4-5-6-9-14-26-19-21-27(22-20-26)23-24-31(33)32-30(29-17-12-8-13-18-29)25-28-15-10-7-11-16-28/h7-22,30H,2-6,23-25H2,1H3,(H,32,33)/b14-9-. The number of benzene rings is 3. The number of aryl methyl sites for hydroxylation is 1. The summed E-state index contributed by atoms with van der Waals surface area (Å²) in [6.45, 7) is 2.24. The van der Waals surface area contributed by atoms with Crippen molar-refractivity contribution in [3.8, 4) is 0 Å². The summed E-state index contributed by atoms with van der Waals surface area (Å²) in [6.07, 6.45) is 12.8. The Balaban J connectivity index is 1.49. The van der Waals surface area contributed by atoms with E-state index in [1.807, 2.05) is 36.4 Å². The van der Waals surface area contributed by atoms with Crippen LogP contribution >= 0.6 is 0 Å². The van der Waals surface area contributed by atoms with Gasteiger partial charge in [0.15, 0.2) is 0 Å². The van der Waals surface area contributed by atoms with Gasteiger partial charge in [-0.1, -0.05) is 123 Å². The molecule has 1 amide bonds. The number of allylic oxidation sites excluding steroid dienone is 1. The highest BCUT2D eigenvalue weighted by Crippen LogP contribution is 2.19. The zero-order valence-corrected chi connectivity index (χ0v) is 19.9. The number of rotatable bonds is 13. The smallest absolute Gasteiger partial charge is 0.220 e. The SMILES string of the molecule is CCCCCC/C=C\c1ccc(CCC(=O)NC(Cc2ccccc2)c2ccccc2)cc1. The predicted molar refractivity (Wildman–Crippen MR) is 140 cm³/mol. The van der Waals surface area contributed by atoms with E-state index in [0.717, 1.165) is 24.8 Å². The van der Waals surface area contributed by atoms with E-state index in [2.05, 4.69) is 72.9 Å². The van der Waals surface area contributed by atoms with Gasteiger partial charge in [-0.3, -0.25) is 4.79 Å². The van der Waals surface area contributed by atoms with Crippen LogP contribution in [0.2, 0.25) is 0 Å². The summed E-state index contributed by atoms with van der Waals surface area (Å²) in [5.41, 5.74) is 4.79. The van der Waals surface area contributed by atoms with Gasteiger partial charge in [0, 0.05) is 6.42 Å². The van der Waals surface area contributed by atoms with Gasteiger partial charge < -0.3 is 5.32 Å². The first-order valence-corrected chi connectivity index (χ1v) is 12.4. The van der Waals surface area contributed by atoms with Gasteiger partial charge in [-0.25, -0.2) is 0 Å². The molecular weight excluding hydrogens is 402 g/mol. The summed E-state index contributed by atoms with van der Waals surface area (Å²) in [4.78, 5) is 12.8. The first kappa shape index (κ1) is 24.5. The first-order valence-electron chi connectivity index (χ1n) is 12.4. The van der Waals surface area contributed by atoms with Gasteiger partial charge in [0.1, 0.15) is 0 Å². The molecule has 0 aromatic heterocycles. The lowest BCUT2D eigenvalue weighted by Crippen LogP contribution is -2.30. The van der Waals surface area contributed by atoms with Gasteiger partial charge in [-0.2, -0.15) is 0 Å². The van der Waals surface area contributed by atoms with E-state index in [0.29, 0.717) is 6.42 Å². The zero-order chi connectivity index (χ0) is 23.1. The highest BCUT2D eigenvalue weighted by molar-refractivity contribution is 5.76. The lowest BCUT2D eigenvalue weighted by atomic mass is 9.98. The molecule has 2 nitrogen and oxygen atoms in total. The molecule has 0 saturated carbocycles. The van der Waals surface area contributed by atoms with E-state index < -0.39 is 0 Å². The Bertz CT molecular complexity index is 961. The lowest BCUT2D eigenvalue weighted by molar-refractivity contribution is -0.121. The molecule has 3 aromatic rings. The lowest BCUT2D eigenvalue weighted by Gasteiger charge is -2.19. The van der Waals surface area contributed by atoms with Crippen LogP contribution in [0.5, 0.6) is 0 Å². The minimum atomic E-state index is -0.0223. The number of unbranched alkanes of at least 4 members (excludes halogenated alkanes) is 4. The van der Waals surface area contributed by atoms with Crippen molar-refractivity contribution in [1.82, 2.24) is 5.32 Å². The molecule has 0 aliphatic heterocycles. The Kier molecular flexibility index (Phi) is 10.5. The largest absolute Gasteiger partial charge is 0.349 e. The quantitative estimate of drug-likeness (QED) is 0.272.